The fourth-order valence-corrected chi connectivity index (χ4v) is 2.84. The molecule has 4 rings (SSSR count). The predicted molar refractivity (Wildman–Crippen MR) is 82.6 cm³/mol. The summed E-state index contributed by atoms with van der Waals surface area (Å²) in [5, 5.41) is 10.8. The molecule has 2 aliphatic rings. The van der Waals surface area contributed by atoms with Crippen LogP contribution in [0.2, 0.25) is 0 Å². The van der Waals surface area contributed by atoms with E-state index in [2.05, 4.69) is 12.1 Å². The number of benzene rings is 2. The fraction of sp³-hybridized carbons (Fsp3) is 0.368. The highest BCUT2D eigenvalue weighted by Crippen LogP contribution is 2.44. The van der Waals surface area contributed by atoms with E-state index in [0.717, 1.165) is 29.7 Å². The molecule has 1 N–H and O–H groups in total. The summed E-state index contributed by atoms with van der Waals surface area (Å²) in [6.07, 6.45) is 4.61. The average Bonchev–Trinajstić information content (AvgIpc) is 3.40. The summed E-state index contributed by atoms with van der Waals surface area (Å²) in [5.74, 6) is 1.51. The third-order valence-corrected chi connectivity index (χ3v) is 4.31. The Morgan fingerprint density at radius 3 is 2.52 bits per heavy atom. The molecule has 0 saturated heterocycles. The molecule has 2 fully saturated rings. The lowest BCUT2D eigenvalue weighted by Crippen LogP contribution is -2.04. The molecular weight excluding hydrogens is 260 g/mol. The van der Waals surface area contributed by atoms with E-state index in [1.807, 2.05) is 36.4 Å². The largest absolute Gasteiger partial charge is 0.490 e. The molecule has 2 heteroatoms. The van der Waals surface area contributed by atoms with Gasteiger partial charge in [-0.05, 0) is 60.4 Å². The summed E-state index contributed by atoms with van der Waals surface area (Å²) < 4.78 is 5.83. The summed E-state index contributed by atoms with van der Waals surface area (Å²) in [6, 6.07) is 16.2. The molecule has 2 saturated carbocycles. The standard InChI is InChI=1S/C19H20O2/c20-19(18-7-2-1-6-17(18)13-8-9-13)14-4-3-5-16(12-14)21-15-10-11-15/h1-7,12-13,15,19-20H,8-11H2. The zero-order valence-corrected chi connectivity index (χ0v) is 12.0. The van der Waals surface area contributed by atoms with Crippen molar-refractivity contribution in [3.8, 4) is 5.75 Å². The highest BCUT2D eigenvalue weighted by molar-refractivity contribution is 5.41. The minimum absolute atomic E-state index is 0.385. The number of aliphatic hydroxyl groups is 1. The van der Waals surface area contributed by atoms with Crippen molar-refractivity contribution in [3.05, 3.63) is 65.2 Å². The average molecular weight is 280 g/mol. The van der Waals surface area contributed by atoms with Crippen molar-refractivity contribution < 1.29 is 9.84 Å². The maximum absolute atomic E-state index is 10.8. The molecule has 0 radical (unpaired) electrons. The third kappa shape index (κ3) is 2.81. The first-order chi connectivity index (χ1) is 10.3. The van der Waals surface area contributed by atoms with Crippen molar-refractivity contribution in [2.75, 3.05) is 0 Å². The van der Waals surface area contributed by atoms with Gasteiger partial charge in [-0.25, -0.2) is 0 Å². The molecule has 0 aromatic heterocycles. The normalized spacial score (nSPS) is 19.3. The maximum atomic E-state index is 10.8. The van der Waals surface area contributed by atoms with Crippen LogP contribution >= 0.6 is 0 Å². The molecule has 2 nitrogen and oxygen atoms in total. The molecule has 21 heavy (non-hydrogen) atoms. The van der Waals surface area contributed by atoms with E-state index in [4.69, 9.17) is 4.74 Å². The van der Waals surface area contributed by atoms with Gasteiger partial charge in [-0.1, -0.05) is 36.4 Å². The van der Waals surface area contributed by atoms with Gasteiger partial charge >= 0.3 is 0 Å². The maximum Gasteiger partial charge on any atom is 0.120 e. The van der Waals surface area contributed by atoms with E-state index in [9.17, 15) is 5.11 Å². The van der Waals surface area contributed by atoms with Gasteiger partial charge in [-0.15, -0.1) is 0 Å². The van der Waals surface area contributed by atoms with Crippen molar-refractivity contribution in [1.82, 2.24) is 0 Å². The van der Waals surface area contributed by atoms with Crippen LogP contribution in [0, 0.1) is 0 Å². The smallest absolute Gasteiger partial charge is 0.120 e. The summed E-state index contributed by atoms with van der Waals surface area (Å²) >= 11 is 0. The van der Waals surface area contributed by atoms with Gasteiger partial charge in [0.1, 0.15) is 11.9 Å². The van der Waals surface area contributed by atoms with Gasteiger partial charge in [0.15, 0.2) is 0 Å². The molecule has 2 aromatic carbocycles. The predicted octanol–water partition coefficient (Wildman–Crippen LogP) is 4.19. The number of hydrogen-bond acceptors (Lipinski definition) is 2. The summed E-state index contributed by atoms with van der Waals surface area (Å²) in [5.41, 5.74) is 3.27. The minimum Gasteiger partial charge on any atom is -0.490 e. The zero-order valence-electron chi connectivity index (χ0n) is 12.0. The van der Waals surface area contributed by atoms with Crippen LogP contribution in [0.1, 0.15) is 54.4 Å². The lowest BCUT2D eigenvalue weighted by Gasteiger charge is -2.17. The van der Waals surface area contributed by atoms with Crippen LogP contribution in [-0.4, -0.2) is 11.2 Å². The number of ether oxygens (including phenoxy) is 1. The van der Waals surface area contributed by atoms with E-state index in [1.165, 1.54) is 18.4 Å². The minimum atomic E-state index is -0.565. The van der Waals surface area contributed by atoms with Crippen molar-refractivity contribution in [1.29, 1.82) is 0 Å². The molecule has 0 heterocycles. The molecule has 2 aromatic rings. The lowest BCUT2D eigenvalue weighted by molar-refractivity contribution is 0.218. The quantitative estimate of drug-likeness (QED) is 0.890. The monoisotopic (exact) mass is 280 g/mol. The van der Waals surface area contributed by atoms with E-state index in [-0.39, 0.29) is 0 Å². The Labute approximate surface area is 125 Å². The van der Waals surface area contributed by atoms with Gasteiger partial charge in [0.05, 0.1) is 6.10 Å². The van der Waals surface area contributed by atoms with Crippen LogP contribution in [-0.2, 0) is 0 Å². The molecule has 0 bridgehead atoms. The highest BCUT2D eigenvalue weighted by Gasteiger charge is 2.28. The van der Waals surface area contributed by atoms with Crippen LogP contribution in [0.5, 0.6) is 5.75 Å². The van der Waals surface area contributed by atoms with E-state index in [1.54, 1.807) is 0 Å². The first-order valence-corrected chi connectivity index (χ1v) is 7.85. The Bertz CT molecular complexity index is 642. The zero-order chi connectivity index (χ0) is 14.2. The Balaban J connectivity index is 1.63. The summed E-state index contributed by atoms with van der Waals surface area (Å²) in [7, 11) is 0. The second-order valence-electron chi connectivity index (χ2n) is 6.20. The fourth-order valence-electron chi connectivity index (χ4n) is 2.84. The highest BCUT2D eigenvalue weighted by atomic mass is 16.5. The first kappa shape index (κ1) is 12.9. The topological polar surface area (TPSA) is 29.5 Å². The van der Waals surface area contributed by atoms with Crippen molar-refractivity contribution in [2.24, 2.45) is 0 Å². The molecule has 0 spiro atoms. The second kappa shape index (κ2) is 5.19. The third-order valence-electron chi connectivity index (χ3n) is 4.31. The van der Waals surface area contributed by atoms with E-state index in [0.29, 0.717) is 12.0 Å². The molecule has 0 amide bonds. The molecule has 108 valence electrons. The van der Waals surface area contributed by atoms with Crippen molar-refractivity contribution >= 4 is 0 Å². The van der Waals surface area contributed by atoms with Gasteiger partial charge in [0.25, 0.3) is 0 Å². The first-order valence-electron chi connectivity index (χ1n) is 7.85. The second-order valence-corrected chi connectivity index (χ2v) is 6.20. The lowest BCUT2D eigenvalue weighted by atomic mass is 9.94. The van der Waals surface area contributed by atoms with E-state index < -0.39 is 6.10 Å². The van der Waals surface area contributed by atoms with Crippen LogP contribution in [0.4, 0.5) is 0 Å². The molecule has 2 aliphatic carbocycles. The van der Waals surface area contributed by atoms with Crippen LogP contribution in [0.3, 0.4) is 0 Å². The molecular formula is C19H20O2. The number of aliphatic hydroxyl groups excluding tert-OH is 1. The van der Waals surface area contributed by atoms with Crippen molar-refractivity contribution in [2.45, 2.75) is 43.8 Å². The van der Waals surface area contributed by atoms with Crippen LogP contribution < -0.4 is 4.74 Å². The van der Waals surface area contributed by atoms with Gasteiger partial charge in [-0.2, -0.15) is 0 Å². The van der Waals surface area contributed by atoms with Gasteiger partial charge in [0, 0.05) is 0 Å². The van der Waals surface area contributed by atoms with Crippen molar-refractivity contribution in [3.63, 3.8) is 0 Å². The van der Waals surface area contributed by atoms with Gasteiger partial charge < -0.3 is 9.84 Å². The van der Waals surface area contributed by atoms with Crippen LogP contribution in [0.15, 0.2) is 48.5 Å². The molecule has 1 unspecified atom stereocenters. The Hall–Kier alpha value is -1.80. The van der Waals surface area contributed by atoms with Gasteiger partial charge in [-0.3, -0.25) is 0 Å². The Kier molecular flexibility index (Phi) is 3.19. The summed E-state index contributed by atoms with van der Waals surface area (Å²) in [4.78, 5) is 0. The Morgan fingerprint density at radius 2 is 1.76 bits per heavy atom. The number of rotatable bonds is 5. The molecule has 0 aliphatic heterocycles. The Morgan fingerprint density at radius 1 is 0.952 bits per heavy atom. The van der Waals surface area contributed by atoms with Gasteiger partial charge in [0.2, 0.25) is 0 Å². The number of hydrogen-bond donors (Lipinski definition) is 1. The van der Waals surface area contributed by atoms with E-state index >= 15 is 0 Å². The molecule has 1 atom stereocenters. The SMILES string of the molecule is OC(c1cccc(OC2CC2)c1)c1ccccc1C1CC1. The van der Waals surface area contributed by atoms with Crippen LogP contribution in [0.25, 0.3) is 0 Å². The summed E-state index contributed by atoms with van der Waals surface area (Å²) in [6.45, 7) is 0.